The molecule has 0 aliphatic carbocycles. The second-order valence-corrected chi connectivity index (χ2v) is 5.38. The molecule has 2 amide bonds. The van der Waals surface area contributed by atoms with Crippen molar-refractivity contribution in [3.05, 3.63) is 0 Å². The molecule has 6 nitrogen and oxygen atoms in total. The molecule has 1 fully saturated rings. The van der Waals surface area contributed by atoms with Crippen LogP contribution in [0.15, 0.2) is 0 Å². The van der Waals surface area contributed by atoms with E-state index in [1.165, 1.54) is 18.7 Å². The van der Waals surface area contributed by atoms with Crippen LogP contribution in [0.25, 0.3) is 0 Å². The summed E-state index contributed by atoms with van der Waals surface area (Å²) in [5.74, 6) is -0.950. The molecule has 0 radical (unpaired) electrons. The van der Waals surface area contributed by atoms with Gasteiger partial charge in [0.15, 0.2) is 5.67 Å². The fourth-order valence-electron chi connectivity index (χ4n) is 2.07. The summed E-state index contributed by atoms with van der Waals surface area (Å²) in [6.07, 6.45) is -0.232. The predicted octanol–water partition coefficient (Wildman–Crippen LogP) is -0.621. The van der Waals surface area contributed by atoms with Gasteiger partial charge >= 0.3 is 0 Å². The molecule has 2 N–H and O–H groups in total. The van der Waals surface area contributed by atoms with Crippen LogP contribution in [0, 0.1) is 0 Å². The first kappa shape index (κ1) is 15.8. The van der Waals surface area contributed by atoms with Crippen LogP contribution in [0.3, 0.4) is 0 Å². The van der Waals surface area contributed by atoms with E-state index >= 15 is 0 Å². The number of carbonyl (C=O) groups is 2. The first-order valence-corrected chi connectivity index (χ1v) is 6.27. The van der Waals surface area contributed by atoms with Crippen molar-refractivity contribution in [2.75, 3.05) is 39.8 Å². The molecule has 7 heteroatoms. The van der Waals surface area contributed by atoms with Gasteiger partial charge in [0.25, 0.3) is 5.91 Å². The fourth-order valence-corrected chi connectivity index (χ4v) is 2.07. The average molecular weight is 275 g/mol. The molecule has 0 bridgehead atoms. The molecule has 110 valence electrons. The van der Waals surface area contributed by atoms with E-state index in [-0.39, 0.29) is 12.6 Å². The number of carbonyl (C=O) groups excluding carboxylic acids is 2. The van der Waals surface area contributed by atoms with Crippen molar-refractivity contribution in [2.24, 2.45) is 5.73 Å². The number of nitrogens with zero attached hydrogens (tertiary/aromatic N) is 2. The highest BCUT2D eigenvalue weighted by Gasteiger charge is 2.34. The lowest BCUT2D eigenvalue weighted by Crippen LogP contribution is -2.53. The SMILES string of the molecule is CN(CC(N)=O)C[C@H]1CN(C(=O)C(C)(C)F)CCO1. The quantitative estimate of drug-likeness (QED) is 0.725. The first-order valence-electron chi connectivity index (χ1n) is 6.27. The van der Waals surface area contributed by atoms with Gasteiger partial charge in [0.05, 0.1) is 19.3 Å². The van der Waals surface area contributed by atoms with Gasteiger partial charge in [0.1, 0.15) is 0 Å². The summed E-state index contributed by atoms with van der Waals surface area (Å²) in [6.45, 7) is 4.19. The van der Waals surface area contributed by atoms with E-state index in [1.807, 2.05) is 0 Å². The standard InChI is InChI=1S/C12H22FN3O3/c1-12(2,13)11(18)16-4-5-19-9(7-16)6-15(3)8-10(14)17/h9H,4-8H2,1-3H3,(H2,14,17)/t9-/m0/s1. The van der Waals surface area contributed by atoms with Crippen molar-refractivity contribution in [1.29, 1.82) is 0 Å². The number of morpholine rings is 1. The van der Waals surface area contributed by atoms with Crippen LogP contribution in [-0.4, -0.2) is 73.2 Å². The molecule has 1 rings (SSSR count). The second-order valence-electron chi connectivity index (χ2n) is 5.38. The molecule has 1 atom stereocenters. The van der Waals surface area contributed by atoms with Crippen molar-refractivity contribution < 1.29 is 18.7 Å². The highest BCUT2D eigenvalue weighted by atomic mass is 19.1. The van der Waals surface area contributed by atoms with E-state index in [1.54, 1.807) is 11.9 Å². The van der Waals surface area contributed by atoms with Gasteiger partial charge in [-0.3, -0.25) is 14.5 Å². The maximum absolute atomic E-state index is 13.6. The van der Waals surface area contributed by atoms with Crippen molar-refractivity contribution >= 4 is 11.8 Å². The Kier molecular flexibility index (Phi) is 5.25. The summed E-state index contributed by atoms with van der Waals surface area (Å²) in [7, 11) is 1.74. The Morgan fingerprint density at radius 2 is 2.16 bits per heavy atom. The lowest BCUT2D eigenvalue weighted by atomic mass is 10.1. The van der Waals surface area contributed by atoms with Gasteiger partial charge in [-0.15, -0.1) is 0 Å². The van der Waals surface area contributed by atoms with Crippen LogP contribution in [0.5, 0.6) is 0 Å². The summed E-state index contributed by atoms with van der Waals surface area (Å²) in [5, 5.41) is 0. The van der Waals surface area contributed by atoms with Crippen molar-refractivity contribution in [2.45, 2.75) is 25.6 Å². The van der Waals surface area contributed by atoms with Gasteiger partial charge in [-0.1, -0.05) is 0 Å². The highest BCUT2D eigenvalue weighted by molar-refractivity contribution is 5.84. The third kappa shape index (κ3) is 5.12. The van der Waals surface area contributed by atoms with Crippen LogP contribution < -0.4 is 5.73 Å². The number of nitrogens with two attached hydrogens (primary N) is 1. The Balaban J connectivity index is 2.51. The number of ether oxygens (including phenoxy) is 1. The summed E-state index contributed by atoms with van der Waals surface area (Å²) < 4.78 is 19.1. The number of hydrogen-bond acceptors (Lipinski definition) is 4. The van der Waals surface area contributed by atoms with Gasteiger partial charge in [0.2, 0.25) is 5.91 Å². The zero-order valence-corrected chi connectivity index (χ0v) is 11.7. The fraction of sp³-hybridized carbons (Fsp3) is 0.833. The normalized spacial score (nSPS) is 20.7. The number of rotatable bonds is 5. The first-order chi connectivity index (χ1) is 8.70. The Morgan fingerprint density at radius 3 is 2.68 bits per heavy atom. The van der Waals surface area contributed by atoms with Crippen LogP contribution in [-0.2, 0) is 14.3 Å². The zero-order valence-electron chi connectivity index (χ0n) is 11.7. The number of alkyl halides is 1. The lowest BCUT2D eigenvalue weighted by Gasteiger charge is -2.36. The van der Waals surface area contributed by atoms with E-state index in [0.29, 0.717) is 26.2 Å². The molecule has 1 saturated heterocycles. The molecule has 0 aromatic carbocycles. The lowest BCUT2D eigenvalue weighted by molar-refractivity contribution is -0.150. The average Bonchev–Trinajstić information content (AvgIpc) is 2.25. The smallest absolute Gasteiger partial charge is 0.259 e. The minimum absolute atomic E-state index is 0.127. The van der Waals surface area contributed by atoms with Crippen LogP contribution >= 0.6 is 0 Å². The van der Waals surface area contributed by atoms with Gasteiger partial charge in [-0.25, -0.2) is 4.39 Å². The number of halogens is 1. The van der Waals surface area contributed by atoms with Crippen molar-refractivity contribution in [3.63, 3.8) is 0 Å². The summed E-state index contributed by atoms with van der Waals surface area (Å²) in [6, 6.07) is 0. The van der Waals surface area contributed by atoms with Crippen molar-refractivity contribution in [1.82, 2.24) is 9.80 Å². The Morgan fingerprint density at radius 1 is 1.53 bits per heavy atom. The molecule has 0 aromatic rings. The molecular formula is C12H22FN3O3. The molecule has 1 aliphatic heterocycles. The highest BCUT2D eigenvalue weighted by Crippen LogP contribution is 2.16. The van der Waals surface area contributed by atoms with E-state index in [4.69, 9.17) is 10.5 Å². The number of amides is 2. The van der Waals surface area contributed by atoms with Gasteiger partial charge in [0, 0.05) is 19.6 Å². The summed E-state index contributed by atoms with van der Waals surface area (Å²) in [4.78, 5) is 25.8. The largest absolute Gasteiger partial charge is 0.373 e. The number of hydrogen-bond donors (Lipinski definition) is 1. The predicted molar refractivity (Wildman–Crippen MR) is 68.2 cm³/mol. The van der Waals surface area contributed by atoms with E-state index in [0.717, 1.165) is 0 Å². The van der Waals surface area contributed by atoms with E-state index < -0.39 is 17.5 Å². The zero-order chi connectivity index (χ0) is 14.6. The van der Waals surface area contributed by atoms with Crippen LogP contribution in [0.2, 0.25) is 0 Å². The Hall–Kier alpha value is -1.21. The molecule has 0 aromatic heterocycles. The third-order valence-corrected chi connectivity index (χ3v) is 2.88. The van der Waals surface area contributed by atoms with Gasteiger partial charge < -0.3 is 15.4 Å². The topological polar surface area (TPSA) is 75.9 Å². The minimum atomic E-state index is -1.87. The van der Waals surface area contributed by atoms with Crippen LogP contribution in [0.4, 0.5) is 4.39 Å². The molecule has 0 unspecified atom stereocenters. The minimum Gasteiger partial charge on any atom is -0.373 e. The molecule has 0 saturated carbocycles. The third-order valence-electron chi connectivity index (χ3n) is 2.88. The maximum atomic E-state index is 13.6. The number of primary amides is 1. The maximum Gasteiger partial charge on any atom is 0.259 e. The van der Waals surface area contributed by atoms with E-state index in [2.05, 4.69) is 0 Å². The van der Waals surface area contributed by atoms with Gasteiger partial charge in [-0.05, 0) is 20.9 Å². The van der Waals surface area contributed by atoms with Crippen molar-refractivity contribution in [3.8, 4) is 0 Å². The molecule has 1 aliphatic rings. The van der Waals surface area contributed by atoms with Crippen LogP contribution in [0.1, 0.15) is 13.8 Å². The van der Waals surface area contributed by atoms with Gasteiger partial charge in [-0.2, -0.15) is 0 Å². The molecule has 19 heavy (non-hydrogen) atoms. The number of likely N-dealkylation sites (N-methyl/N-ethyl adjacent to an activating group) is 1. The molecular weight excluding hydrogens is 253 g/mol. The van der Waals surface area contributed by atoms with E-state index in [9.17, 15) is 14.0 Å². The molecule has 0 spiro atoms. The second kappa shape index (κ2) is 6.29. The molecule has 1 heterocycles. The Bertz CT molecular complexity index is 344. The Labute approximate surface area is 112 Å². The summed E-state index contributed by atoms with van der Waals surface area (Å²) in [5.41, 5.74) is 3.22. The summed E-state index contributed by atoms with van der Waals surface area (Å²) >= 11 is 0. The monoisotopic (exact) mass is 275 g/mol.